The molecule has 8 heteroatoms. The van der Waals surface area contributed by atoms with Crippen molar-refractivity contribution in [3.63, 3.8) is 0 Å². The summed E-state index contributed by atoms with van der Waals surface area (Å²) in [4.78, 5) is 22.4. The molecular weight excluding hydrogens is 284 g/mol. The molecule has 116 valence electrons. The van der Waals surface area contributed by atoms with Crippen LogP contribution in [0.25, 0.3) is 0 Å². The number of hydrogen-bond donors (Lipinski definition) is 3. The fraction of sp³-hybridized carbons (Fsp3) is 0.833. The van der Waals surface area contributed by atoms with E-state index >= 15 is 0 Å². The molecule has 0 saturated carbocycles. The second kappa shape index (κ2) is 7.47. The molecule has 0 bridgehead atoms. The van der Waals surface area contributed by atoms with Crippen LogP contribution in [0.1, 0.15) is 32.6 Å². The molecule has 3 N–H and O–H groups in total. The summed E-state index contributed by atoms with van der Waals surface area (Å²) < 4.78 is 23.1. The van der Waals surface area contributed by atoms with Crippen LogP contribution in [0, 0.1) is 5.92 Å². The van der Waals surface area contributed by atoms with Crippen LogP contribution in [0.15, 0.2) is 0 Å². The van der Waals surface area contributed by atoms with Crippen molar-refractivity contribution in [3.8, 4) is 0 Å². The number of rotatable bonds is 7. The molecule has 0 aromatic heterocycles. The number of carboxylic acid groups (broad SMARTS) is 1. The monoisotopic (exact) mass is 306 g/mol. The highest BCUT2D eigenvalue weighted by atomic mass is 32.2. The van der Waals surface area contributed by atoms with Gasteiger partial charge in [-0.25, -0.2) is 13.2 Å². The van der Waals surface area contributed by atoms with Gasteiger partial charge in [0.2, 0.25) is 0 Å². The highest BCUT2D eigenvalue weighted by Gasteiger charge is 2.31. The quantitative estimate of drug-likeness (QED) is 0.629. The molecule has 20 heavy (non-hydrogen) atoms. The molecule has 1 heterocycles. The Morgan fingerprint density at radius 1 is 1.35 bits per heavy atom. The lowest BCUT2D eigenvalue weighted by atomic mass is 10.0. The molecule has 1 aliphatic heterocycles. The summed E-state index contributed by atoms with van der Waals surface area (Å²) in [5.41, 5.74) is 0. The Morgan fingerprint density at radius 3 is 2.55 bits per heavy atom. The molecular formula is C12H22N2O5S. The number of carbonyl (C=O) groups excluding carboxylic acids is 1. The van der Waals surface area contributed by atoms with Gasteiger partial charge >= 0.3 is 12.0 Å². The maximum Gasteiger partial charge on any atom is 0.314 e. The number of hydrogen-bond acceptors (Lipinski definition) is 4. The topological polar surface area (TPSA) is 113 Å². The van der Waals surface area contributed by atoms with Crippen LogP contribution < -0.4 is 10.6 Å². The minimum Gasteiger partial charge on any atom is -0.481 e. The molecule has 0 radical (unpaired) electrons. The number of urea groups is 1. The van der Waals surface area contributed by atoms with Crippen molar-refractivity contribution >= 4 is 21.8 Å². The van der Waals surface area contributed by atoms with Crippen LogP contribution in [-0.4, -0.2) is 49.6 Å². The van der Waals surface area contributed by atoms with Crippen molar-refractivity contribution in [2.75, 3.05) is 18.8 Å². The van der Waals surface area contributed by atoms with E-state index in [9.17, 15) is 18.0 Å². The molecule has 0 spiro atoms. The molecule has 2 amide bonds. The molecule has 0 aromatic rings. The van der Waals surface area contributed by atoms with E-state index in [1.54, 1.807) is 0 Å². The smallest absolute Gasteiger partial charge is 0.314 e. The van der Waals surface area contributed by atoms with Crippen LogP contribution in [-0.2, 0) is 14.6 Å². The number of sulfone groups is 1. The maximum absolute atomic E-state index is 11.6. The van der Waals surface area contributed by atoms with E-state index in [1.165, 1.54) is 0 Å². The Labute approximate surface area is 119 Å². The van der Waals surface area contributed by atoms with Crippen molar-refractivity contribution in [2.45, 2.75) is 37.9 Å². The van der Waals surface area contributed by atoms with Crippen LogP contribution >= 0.6 is 0 Å². The van der Waals surface area contributed by atoms with Crippen LogP contribution in [0.5, 0.6) is 0 Å². The summed E-state index contributed by atoms with van der Waals surface area (Å²) in [6.07, 6.45) is 2.41. The maximum atomic E-state index is 11.6. The van der Waals surface area contributed by atoms with Crippen LogP contribution in [0.3, 0.4) is 0 Å². The molecule has 0 aliphatic carbocycles. The first-order valence-corrected chi connectivity index (χ1v) is 8.54. The van der Waals surface area contributed by atoms with Crippen molar-refractivity contribution in [1.29, 1.82) is 0 Å². The molecule has 7 nitrogen and oxygen atoms in total. The second-order valence-corrected chi connectivity index (χ2v) is 7.45. The summed E-state index contributed by atoms with van der Waals surface area (Å²) in [7, 11) is -3.07. The molecule has 2 atom stereocenters. The fourth-order valence-electron chi connectivity index (χ4n) is 2.23. The number of amides is 2. The minimum absolute atomic E-state index is 0.0480. The van der Waals surface area contributed by atoms with Crippen molar-refractivity contribution in [1.82, 2.24) is 10.6 Å². The zero-order valence-corrected chi connectivity index (χ0v) is 12.4. The highest BCUT2D eigenvalue weighted by molar-refractivity contribution is 7.92. The van der Waals surface area contributed by atoms with E-state index in [-0.39, 0.29) is 18.8 Å². The fourth-order valence-corrected chi connectivity index (χ4v) is 4.00. The third-order valence-corrected chi connectivity index (χ3v) is 5.72. The summed E-state index contributed by atoms with van der Waals surface area (Å²) in [6.45, 7) is 2.01. The van der Waals surface area contributed by atoms with Gasteiger partial charge in [-0.1, -0.05) is 13.3 Å². The molecule has 1 saturated heterocycles. The van der Waals surface area contributed by atoms with E-state index in [0.717, 1.165) is 6.42 Å². The van der Waals surface area contributed by atoms with Gasteiger partial charge in [0.25, 0.3) is 0 Å². The van der Waals surface area contributed by atoms with Crippen molar-refractivity contribution < 1.29 is 23.1 Å². The van der Waals surface area contributed by atoms with Gasteiger partial charge in [0.1, 0.15) is 0 Å². The lowest BCUT2D eigenvalue weighted by molar-refractivity contribution is -0.141. The predicted molar refractivity (Wildman–Crippen MR) is 74.2 cm³/mol. The summed E-state index contributed by atoms with van der Waals surface area (Å²) in [5.74, 6) is -1.37. The molecule has 2 unspecified atom stereocenters. The first-order chi connectivity index (χ1) is 9.36. The predicted octanol–water partition coefficient (Wildman–Crippen LogP) is 0.364. The zero-order chi connectivity index (χ0) is 15.2. The third kappa shape index (κ3) is 4.99. The zero-order valence-electron chi connectivity index (χ0n) is 11.6. The van der Waals surface area contributed by atoms with E-state index in [1.807, 2.05) is 6.92 Å². The Kier molecular flexibility index (Phi) is 6.25. The summed E-state index contributed by atoms with van der Waals surface area (Å²) in [6, 6.07) is -0.519. The Hall–Kier alpha value is -1.31. The molecule has 1 rings (SSSR count). The number of nitrogens with one attached hydrogen (secondary N) is 2. The third-order valence-electron chi connectivity index (χ3n) is 3.45. The van der Waals surface area contributed by atoms with Gasteiger partial charge in [-0.05, 0) is 19.3 Å². The lowest BCUT2D eigenvalue weighted by Crippen LogP contribution is -2.43. The van der Waals surface area contributed by atoms with Crippen LogP contribution in [0.2, 0.25) is 0 Å². The normalized spacial score (nSPS) is 22.1. The largest absolute Gasteiger partial charge is 0.481 e. The second-order valence-electron chi connectivity index (χ2n) is 5.05. The van der Waals surface area contributed by atoms with E-state index in [2.05, 4.69) is 10.6 Å². The van der Waals surface area contributed by atoms with E-state index < -0.39 is 33.0 Å². The average molecular weight is 306 g/mol. The minimum atomic E-state index is -3.07. The van der Waals surface area contributed by atoms with E-state index in [0.29, 0.717) is 19.3 Å². The van der Waals surface area contributed by atoms with Gasteiger partial charge in [-0.2, -0.15) is 0 Å². The van der Waals surface area contributed by atoms with Crippen molar-refractivity contribution in [2.24, 2.45) is 5.92 Å². The Balaban J connectivity index is 2.31. The standard InChI is InChI=1S/C12H22N2O5S/c1-2-4-9(11(15)16)7-13-12(17)14-8-10-5-3-6-20(10,18)19/h9-10H,2-8H2,1H3,(H,15,16)(H2,13,14,17). The average Bonchev–Trinajstić information content (AvgIpc) is 2.70. The van der Waals surface area contributed by atoms with E-state index in [4.69, 9.17) is 5.11 Å². The van der Waals surface area contributed by atoms with Gasteiger partial charge < -0.3 is 15.7 Å². The van der Waals surface area contributed by atoms with Gasteiger partial charge in [0.15, 0.2) is 9.84 Å². The number of aliphatic carboxylic acids is 1. The molecule has 1 aliphatic rings. The number of carbonyl (C=O) groups is 2. The lowest BCUT2D eigenvalue weighted by Gasteiger charge is -2.14. The number of carboxylic acids is 1. The first-order valence-electron chi connectivity index (χ1n) is 6.83. The van der Waals surface area contributed by atoms with Crippen LogP contribution in [0.4, 0.5) is 4.79 Å². The SMILES string of the molecule is CCCC(CNC(=O)NCC1CCCS1(=O)=O)C(=O)O. The van der Waals surface area contributed by atoms with Gasteiger partial charge in [0.05, 0.1) is 16.9 Å². The van der Waals surface area contributed by atoms with Gasteiger partial charge in [-0.15, -0.1) is 0 Å². The molecule has 0 aromatic carbocycles. The Bertz CT molecular complexity index is 449. The Morgan fingerprint density at radius 2 is 2.05 bits per heavy atom. The van der Waals surface area contributed by atoms with Gasteiger partial charge in [-0.3, -0.25) is 4.79 Å². The molecule has 1 fully saturated rings. The van der Waals surface area contributed by atoms with Crippen molar-refractivity contribution in [3.05, 3.63) is 0 Å². The first kappa shape index (κ1) is 16.7. The van der Waals surface area contributed by atoms with Gasteiger partial charge in [0, 0.05) is 13.1 Å². The highest BCUT2D eigenvalue weighted by Crippen LogP contribution is 2.18. The summed E-state index contributed by atoms with van der Waals surface area (Å²) in [5, 5.41) is 13.4. The summed E-state index contributed by atoms with van der Waals surface area (Å²) >= 11 is 0.